The van der Waals surface area contributed by atoms with E-state index in [2.05, 4.69) is 4.90 Å². The Morgan fingerprint density at radius 1 is 1.10 bits per heavy atom. The van der Waals surface area contributed by atoms with Crippen LogP contribution in [0.5, 0.6) is 0 Å². The average Bonchev–Trinajstić information content (AvgIpc) is 2.42. The van der Waals surface area contributed by atoms with Crippen molar-refractivity contribution in [3.8, 4) is 0 Å². The van der Waals surface area contributed by atoms with E-state index in [0.29, 0.717) is 19.2 Å². The number of alkyl halides is 3. The van der Waals surface area contributed by atoms with Crippen molar-refractivity contribution in [3.63, 3.8) is 0 Å². The van der Waals surface area contributed by atoms with E-state index in [4.69, 9.17) is 5.73 Å². The number of anilines is 1. The lowest BCUT2D eigenvalue weighted by molar-refractivity contribution is -0.138. The highest BCUT2D eigenvalue weighted by Crippen LogP contribution is 2.35. The van der Waals surface area contributed by atoms with Crippen molar-refractivity contribution in [3.05, 3.63) is 29.1 Å². The fourth-order valence-electron chi connectivity index (χ4n) is 2.53. The Balaban J connectivity index is 2.18. The second kappa shape index (κ2) is 6.19. The Labute approximate surface area is 121 Å². The van der Waals surface area contributed by atoms with Gasteiger partial charge in [-0.1, -0.05) is 6.92 Å². The van der Waals surface area contributed by atoms with Gasteiger partial charge in [0.2, 0.25) is 0 Å². The summed E-state index contributed by atoms with van der Waals surface area (Å²) in [5, 5.41) is 0. The molecule has 21 heavy (non-hydrogen) atoms. The molecule has 0 spiro atoms. The molecule has 2 rings (SSSR count). The van der Waals surface area contributed by atoms with E-state index in [1.807, 2.05) is 11.8 Å². The van der Waals surface area contributed by atoms with Gasteiger partial charge < -0.3 is 10.6 Å². The lowest BCUT2D eigenvalue weighted by Gasteiger charge is -2.34. The van der Waals surface area contributed by atoms with Gasteiger partial charge >= 0.3 is 6.18 Å². The molecule has 0 unspecified atom stereocenters. The van der Waals surface area contributed by atoms with Crippen molar-refractivity contribution in [1.82, 2.24) is 9.80 Å². The first-order valence-corrected chi connectivity index (χ1v) is 6.91. The highest BCUT2D eigenvalue weighted by atomic mass is 19.4. The van der Waals surface area contributed by atoms with Crippen LogP contribution < -0.4 is 5.73 Å². The van der Waals surface area contributed by atoms with Crippen LogP contribution in [0.3, 0.4) is 0 Å². The molecular formula is C14H19F4N3. The lowest BCUT2D eigenvalue weighted by Crippen LogP contribution is -2.45. The smallest absolute Gasteiger partial charge is 0.396 e. The molecule has 1 aliphatic heterocycles. The molecule has 1 saturated heterocycles. The first-order valence-electron chi connectivity index (χ1n) is 6.91. The van der Waals surface area contributed by atoms with Gasteiger partial charge in [0.05, 0.1) is 11.3 Å². The van der Waals surface area contributed by atoms with Gasteiger partial charge in [-0.3, -0.25) is 4.90 Å². The predicted octanol–water partition coefficient (Wildman–Crippen LogP) is 2.56. The Bertz CT molecular complexity index is 494. The number of hydrogen-bond acceptors (Lipinski definition) is 3. The molecule has 0 radical (unpaired) electrons. The van der Waals surface area contributed by atoms with Crippen molar-refractivity contribution in [2.75, 3.05) is 38.5 Å². The van der Waals surface area contributed by atoms with Crippen LogP contribution in [-0.2, 0) is 12.7 Å². The molecule has 7 heteroatoms. The van der Waals surface area contributed by atoms with Gasteiger partial charge in [-0.15, -0.1) is 0 Å². The molecule has 0 aromatic heterocycles. The molecule has 0 aliphatic carbocycles. The van der Waals surface area contributed by atoms with Crippen LogP contribution in [0, 0.1) is 5.82 Å². The maximum Gasteiger partial charge on any atom is 0.416 e. The first kappa shape index (κ1) is 16.0. The molecule has 1 fully saturated rings. The summed E-state index contributed by atoms with van der Waals surface area (Å²) in [6.45, 7) is 6.05. The van der Waals surface area contributed by atoms with E-state index >= 15 is 0 Å². The van der Waals surface area contributed by atoms with Gasteiger partial charge in [-0.05, 0) is 24.2 Å². The monoisotopic (exact) mass is 305 g/mol. The number of nitrogens with zero attached hydrogens (tertiary/aromatic N) is 2. The van der Waals surface area contributed by atoms with Crippen molar-refractivity contribution in [1.29, 1.82) is 0 Å². The molecule has 0 bridgehead atoms. The largest absolute Gasteiger partial charge is 0.416 e. The van der Waals surface area contributed by atoms with Crippen molar-refractivity contribution in [2.24, 2.45) is 0 Å². The van der Waals surface area contributed by atoms with Gasteiger partial charge in [0.25, 0.3) is 0 Å². The van der Waals surface area contributed by atoms with Gasteiger partial charge in [0.15, 0.2) is 0 Å². The van der Waals surface area contributed by atoms with Gasteiger partial charge in [0.1, 0.15) is 5.82 Å². The summed E-state index contributed by atoms with van der Waals surface area (Å²) < 4.78 is 52.6. The first-order chi connectivity index (χ1) is 9.81. The van der Waals surface area contributed by atoms with E-state index in [-0.39, 0.29) is 12.1 Å². The second-order valence-corrected chi connectivity index (χ2v) is 5.24. The standard InChI is InChI=1S/C14H19F4N3/c1-2-20-3-5-21(6-4-20)9-10-7-12(15)13(19)8-11(10)14(16,17)18/h7-8H,2-6,9,19H2,1H3. The summed E-state index contributed by atoms with van der Waals surface area (Å²) in [6.07, 6.45) is -4.53. The van der Waals surface area contributed by atoms with Crippen LogP contribution in [0.25, 0.3) is 0 Å². The lowest BCUT2D eigenvalue weighted by atomic mass is 10.0. The van der Waals surface area contributed by atoms with Crippen LogP contribution in [0.15, 0.2) is 12.1 Å². The normalized spacial score (nSPS) is 18.1. The molecule has 1 aliphatic rings. The number of benzene rings is 1. The minimum atomic E-state index is -4.53. The number of piperazine rings is 1. The number of nitrogens with two attached hydrogens (primary N) is 1. The molecule has 0 atom stereocenters. The SMILES string of the molecule is CCN1CCN(Cc2cc(F)c(N)cc2C(F)(F)F)CC1. The molecule has 118 valence electrons. The van der Waals surface area contributed by atoms with Crippen molar-refractivity contribution in [2.45, 2.75) is 19.6 Å². The fourth-order valence-corrected chi connectivity index (χ4v) is 2.53. The van der Waals surface area contributed by atoms with Gasteiger partial charge in [0, 0.05) is 32.7 Å². The molecule has 1 aromatic rings. The predicted molar refractivity (Wildman–Crippen MR) is 73.2 cm³/mol. The minimum absolute atomic E-state index is 0.0563. The maximum absolute atomic E-state index is 13.5. The third kappa shape index (κ3) is 3.85. The third-order valence-electron chi connectivity index (χ3n) is 3.83. The molecular weight excluding hydrogens is 286 g/mol. The second-order valence-electron chi connectivity index (χ2n) is 5.24. The van der Waals surface area contributed by atoms with Crippen LogP contribution in [-0.4, -0.2) is 42.5 Å². The summed E-state index contributed by atoms with van der Waals surface area (Å²) in [6, 6.07) is 1.59. The summed E-state index contributed by atoms with van der Waals surface area (Å²) >= 11 is 0. The number of likely N-dealkylation sites (N-methyl/N-ethyl adjacent to an activating group) is 1. The average molecular weight is 305 g/mol. The third-order valence-corrected chi connectivity index (χ3v) is 3.83. The number of nitrogen functional groups attached to an aromatic ring is 1. The number of halogens is 4. The van der Waals surface area contributed by atoms with E-state index in [0.717, 1.165) is 25.7 Å². The van der Waals surface area contributed by atoms with Crippen molar-refractivity contribution < 1.29 is 17.6 Å². The van der Waals surface area contributed by atoms with E-state index in [1.165, 1.54) is 0 Å². The Kier molecular flexibility index (Phi) is 4.73. The molecule has 0 saturated carbocycles. The maximum atomic E-state index is 13.5. The Morgan fingerprint density at radius 2 is 1.67 bits per heavy atom. The summed E-state index contributed by atoms with van der Waals surface area (Å²) in [5.74, 6) is -0.801. The zero-order valence-electron chi connectivity index (χ0n) is 11.9. The Hall–Kier alpha value is -1.34. The molecule has 2 N–H and O–H groups in total. The number of hydrogen-bond donors (Lipinski definition) is 1. The fraction of sp³-hybridized carbons (Fsp3) is 0.571. The van der Waals surface area contributed by atoms with Crippen LogP contribution >= 0.6 is 0 Å². The molecule has 1 heterocycles. The quantitative estimate of drug-likeness (QED) is 0.688. The van der Waals surface area contributed by atoms with Crippen LogP contribution in [0.4, 0.5) is 23.2 Å². The summed E-state index contributed by atoms with van der Waals surface area (Å²) in [5.41, 5.74) is 3.89. The zero-order chi connectivity index (χ0) is 15.6. The molecule has 1 aromatic carbocycles. The van der Waals surface area contributed by atoms with E-state index < -0.39 is 23.2 Å². The van der Waals surface area contributed by atoms with E-state index in [1.54, 1.807) is 0 Å². The Morgan fingerprint density at radius 3 is 2.19 bits per heavy atom. The highest BCUT2D eigenvalue weighted by Gasteiger charge is 2.34. The zero-order valence-corrected chi connectivity index (χ0v) is 11.9. The minimum Gasteiger partial charge on any atom is -0.396 e. The van der Waals surface area contributed by atoms with Crippen LogP contribution in [0.1, 0.15) is 18.1 Å². The summed E-state index contributed by atoms with van der Waals surface area (Å²) in [4.78, 5) is 4.14. The van der Waals surface area contributed by atoms with Crippen molar-refractivity contribution >= 4 is 5.69 Å². The molecule has 0 amide bonds. The van der Waals surface area contributed by atoms with E-state index in [9.17, 15) is 17.6 Å². The number of rotatable bonds is 3. The summed E-state index contributed by atoms with van der Waals surface area (Å²) in [7, 11) is 0. The van der Waals surface area contributed by atoms with Crippen LogP contribution in [0.2, 0.25) is 0 Å². The highest BCUT2D eigenvalue weighted by molar-refractivity contribution is 5.47. The topological polar surface area (TPSA) is 32.5 Å². The van der Waals surface area contributed by atoms with Gasteiger partial charge in [-0.2, -0.15) is 13.2 Å². The molecule has 3 nitrogen and oxygen atoms in total. The van der Waals surface area contributed by atoms with Gasteiger partial charge in [-0.25, -0.2) is 4.39 Å².